The average molecular weight is 358 g/mol. The number of piperidine rings is 1. The second-order valence-electron chi connectivity index (χ2n) is 6.56. The summed E-state index contributed by atoms with van der Waals surface area (Å²) in [6.45, 7) is 8.66. The number of aromatic nitrogens is 4. The summed E-state index contributed by atoms with van der Waals surface area (Å²) in [6.07, 6.45) is 3.52. The Bertz CT molecular complexity index is 840. The molecule has 8 nitrogen and oxygen atoms in total. The SMILES string of the molecule is CCn1ncc(C(=O)NC2CCCN(c3ccc(=O)n(CC)n3)C2)c1C. The topological polar surface area (TPSA) is 85.0 Å². The van der Waals surface area contributed by atoms with Crippen LogP contribution < -0.4 is 15.8 Å². The first-order valence-electron chi connectivity index (χ1n) is 9.19. The van der Waals surface area contributed by atoms with E-state index in [1.807, 2.05) is 25.5 Å². The van der Waals surface area contributed by atoms with E-state index in [2.05, 4.69) is 20.4 Å². The molecule has 3 rings (SSSR count). The van der Waals surface area contributed by atoms with Crippen LogP contribution in [-0.2, 0) is 13.1 Å². The third-order valence-electron chi connectivity index (χ3n) is 4.88. The van der Waals surface area contributed by atoms with E-state index in [0.717, 1.165) is 37.4 Å². The zero-order chi connectivity index (χ0) is 18.7. The maximum Gasteiger partial charge on any atom is 0.266 e. The number of rotatable bonds is 5. The van der Waals surface area contributed by atoms with Crippen molar-refractivity contribution in [1.82, 2.24) is 24.9 Å². The Labute approximate surface area is 152 Å². The number of aryl methyl sites for hydroxylation is 2. The molecule has 140 valence electrons. The van der Waals surface area contributed by atoms with Crippen molar-refractivity contribution in [2.75, 3.05) is 18.0 Å². The largest absolute Gasteiger partial charge is 0.353 e. The van der Waals surface area contributed by atoms with E-state index in [-0.39, 0.29) is 17.5 Å². The highest BCUT2D eigenvalue weighted by Gasteiger charge is 2.24. The van der Waals surface area contributed by atoms with Gasteiger partial charge in [-0.2, -0.15) is 10.2 Å². The van der Waals surface area contributed by atoms with Gasteiger partial charge in [-0.3, -0.25) is 14.3 Å². The number of hydrogen-bond donors (Lipinski definition) is 1. The summed E-state index contributed by atoms with van der Waals surface area (Å²) in [5.41, 5.74) is 1.41. The van der Waals surface area contributed by atoms with Crippen LogP contribution in [-0.4, -0.2) is 44.6 Å². The van der Waals surface area contributed by atoms with Gasteiger partial charge in [0.25, 0.3) is 11.5 Å². The van der Waals surface area contributed by atoms with E-state index >= 15 is 0 Å². The lowest BCUT2D eigenvalue weighted by Crippen LogP contribution is -2.48. The molecular formula is C18H26N6O2. The first kappa shape index (κ1) is 18.2. The van der Waals surface area contributed by atoms with Crippen molar-refractivity contribution in [2.45, 2.75) is 52.7 Å². The zero-order valence-electron chi connectivity index (χ0n) is 15.6. The molecule has 1 atom stereocenters. The molecule has 1 N–H and O–H groups in total. The Morgan fingerprint density at radius 1 is 1.27 bits per heavy atom. The van der Waals surface area contributed by atoms with Crippen LogP contribution in [0.5, 0.6) is 0 Å². The maximum atomic E-state index is 12.6. The third kappa shape index (κ3) is 3.63. The van der Waals surface area contributed by atoms with E-state index in [0.29, 0.717) is 18.7 Å². The first-order chi connectivity index (χ1) is 12.5. The molecule has 0 saturated carbocycles. The summed E-state index contributed by atoms with van der Waals surface area (Å²) in [5.74, 6) is 0.695. The molecule has 0 radical (unpaired) electrons. The predicted molar refractivity (Wildman–Crippen MR) is 99.5 cm³/mol. The van der Waals surface area contributed by atoms with Crippen molar-refractivity contribution in [1.29, 1.82) is 0 Å². The lowest BCUT2D eigenvalue weighted by molar-refractivity contribution is 0.0932. The highest BCUT2D eigenvalue weighted by molar-refractivity contribution is 5.95. The summed E-state index contributed by atoms with van der Waals surface area (Å²) >= 11 is 0. The quantitative estimate of drug-likeness (QED) is 0.868. The van der Waals surface area contributed by atoms with Crippen molar-refractivity contribution in [3.63, 3.8) is 0 Å². The molecule has 3 heterocycles. The third-order valence-corrected chi connectivity index (χ3v) is 4.88. The molecule has 26 heavy (non-hydrogen) atoms. The average Bonchev–Trinajstić information content (AvgIpc) is 3.03. The fourth-order valence-corrected chi connectivity index (χ4v) is 3.39. The first-order valence-corrected chi connectivity index (χ1v) is 9.19. The smallest absolute Gasteiger partial charge is 0.266 e. The van der Waals surface area contributed by atoms with E-state index in [1.165, 1.54) is 4.68 Å². The highest BCUT2D eigenvalue weighted by atomic mass is 16.2. The predicted octanol–water partition coefficient (Wildman–Crippen LogP) is 1.19. The van der Waals surface area contributed by atoms with Gasteiger partial charge < -0.3 is 10.2 Å². The molecule has 1 saturated heterocycles. The van der Waals surface area contributed by atoms with E-state index in [1.54, 1.807) is 18.3 Å². The lowest BCUT2D eigenvalue weighted by Gasteiger charge is -2.34. The van der Waals surface area contributed by atoms with Crippen LogP contribution in [0.15, 0.2) is 23.1 Å². The highest BCUT2D eigenvalue weighted by Crippen LogP contribution is 2.17. The van der Waals surface area contributed by atoms with Crippen molar-refractivity contribution in [3.8, 4) is 0 Å². The molecule has 1 aliphatic rings. The van der Waals surface area contributed by atoms with Crippen LogP contribution in [0.3, 0.4) is 0 Å². The summed E-state index contributed by atoms with van der Waals surface area (Å²) in [7, 11) is 0. The molecule has 1 amide bonds. The molecule has 2 aromatic rings. The Balaban J connectivity index is 1.69. The number of carbonyl (C=O) groups excluding carboxylic acids is 1. The number of nitrogens with one attached hydrogen (secondary N) is 1. The van der Waals surface area contributed by atoms with Gasteiger partial charge in [-0.1, -0.05) is 0 Å². The molecule has 8 heteroatoms. The molecular weight excluding hydrogens is 332 g/mol. The van der Waals surface area contributed by atoms with Gasteiger partial charge in [-0.25, -0.2) is 4.68 Å². The standard InChI is InChI=1S/C18H26N6O2/c1-4-23-13(3)15(11-19-23)18(26)20-14-7-6-10-22(12-14)16-8-9-17(25)24(5-2)21-16/h8-9,11,14H,4-7,10,12H2,1-3H3,(H,20,26). The molecule has 0 aromatic carbocycles. The van der Waals surface area contributed by atoms with Gasteiger partial charge in [-0.15, -0.1) is 0 Å². The second-order valence-corrected chi connectivity index (χ2v) is 6.56. The number of amides is 1. The van der Waals surface area contributed by atoms with Gasteiger partial charge in [0.15, 0.2) is 0 Å². The van der Waals surface area contributed by atoms with Crippen LogP contribution >= 0.6 is 0 Å². The number of anilines is 1. The van der Waals surface area contributed by atoms with Crippen molar-refractivity contribution < 1.29 is 4.79 Å². The summed E-state index contributed by atoms with van der Waals surface area (Å²) in [4.78, 5) is 26.5. The number of hydrogen-bond acceptors (Lipinski definition) is 5. The van der Waals surface area contributed by atoms with Crippen LogP contribution in [0.25, 0.3) is 0 Å². The minimum absolute atomic E-state index is 0.0458. The monoisotopic (exact) mass is 358 g/mol. The maximum absolute atomic E-state index is 12.6. The molecule has 0 bridgehead atoms. The second kappa shape index (κ2) is 7.72. The lowest BCUT2D eigenvalue weighted by atomic mass is 10.1. The Morgan fingerprint density at radius 3 is 2.73 bits per heavy atom. The molecule has 0 aliphatic carbocycles. The number of carbonyl (C=O) groups is 1. The Morgan fingerprint density at radius 2 is 2.04 bits per heavy atom. The van der Waals surface area contributed by atoms with Gasteiger partial charge in [0.05, 0.1) is 11.8 Å². The Kier molecular flexibility index (Phi) is 5.39. The van der Waals surface area contributed by atoms with Gasteiger partial charge in [0.2, 0.25) is 0 Å². The fourth-order valence-electron chi connectivity index (χ4n) is 3.39. The van der Waals surface area contributed by atoms with Crippen LogP contribution in [0, 0.1) is 6.92 Å². The van der Waals surface area contributed by atoms with Gasteiger partial charge in [0.1, 0.15) is 5.82 Å². The van der Waals surface area contributed by atoms with Crippen molar-refractivity contribution in [3.05, 3.63) is 39.9 Å². The minimum Gasteiger partial charge on any atom is -0.353 e. The molecule has 1 aliphatic heterocycles. The molecule has 1 fully saturated rings. The normalized spacial score (nSPS) is 17.3. The fraction of sp³-hybridized carbons (Fsp3) is 0.556. The van der Waals surface area contributed by atoms with E-state index < -0.39 is 0 Å². The van der Waals surface area contributed by atoms with E-state index in [9.17, 15) is 9.59 Å². The van der Waals surface area contributed by atoms with Gasteiger partial charge in [-0.05, 0) is 39.7 Å². The summed E-state index contributed by atoms with van der Waals surface area (Å²) < 4.78 is 3.28. The van der Waals surface area contributed by atoms with E-state index in [4.69, 9.17) is 0 Å². The van der Waals surface area contributed by atoms with Gasteiger partial charge >= 0.3 is 0 Å². The van der Waals surface area contributed by atoms with Crippen molar-refractivity contribution in [2.24, 2.45) is 0 Å². The van der Waals surface area contributed by atoms with Crippen LogP contribution in [0.4, 0.5) is 5.82 Å². The molecule has 1 unspecified atom stereocenters. The zero-order valence-corrected chi connectivity index (χ0v) is 15.6. The summed E-state index contributed by atoms with van der Waals surface area (Å²) in [5, 5.41) is 11.8. The Hall–Kier alpha value is -2.64. The van der Waals surface area contributed by atoms with Crippen LogP contribution in [0.1, 0.15) is 42.7 Å². The summed E-state index contributed by atoms with van der Waals surface area (Å²) in [6, 6.07) is 3.36. The van der Waals surface area contributed by atoms with Gasteiger partial charge in [0, 0.05) is 44.0 Å². The number of nitrogens with zero attached hydrogens (tertiary/aromatic N) is 5. The molecule has 2 aromatic heterocycles. The van der Waals surface area contributed by atoms with Crippen molar-refractivity contribution >= 4 is 11.7 Å². The minimum atomic E-state index is -0.0958. The van der Waals surface area contributed by atoms with Crippen LogP contribution in [0.2, 0.25) is 0 Å². The molecule has 0 spiro atoms.